The number of amides is 1. The molecule has 4 aromatic rings. The van der Waals surface area contributed by atoms with Gasteiger partial charge in [-0.15, -0.1) is 23.1 Å². The number of thiocarbonyl (C=S) groups is 1. The molecule has 4 rings (SSSR count). The van der Waals surface area contributed by atoms with Crippen LogP contribution >= 0.6 is 58.5 Å². The van der Waals surface area contributed by atoms with E-state index in [2.05, 4.69) is 15.6 Å². The number of nitrogens with one attached hydrogen (secondary N) is 2. The summed E-state index contributed by atoms with van der Waals surface area (Å²) in [5.74, 6) is 0.0407. The number of aromatic nitrogens is 1. The number of anilines is 1. The highest BCUT2D eigenvalue weighted by atomic mass is 35.5. The summed E-state index contributed by atoms with van der Waals surface area (Å²) in [6, 6.07) is 20.7. The van der Waals surface area contributed by atoms with Crippen LogP contribution in [0, 0.1) is 0 Å². The van der Waals surface area contributed by atoms with E-state index in [1.54, 1.807) is 35.6 Å². The van der Waals surface area contributed by atoms with Crippen LogP contribution in [0.25, 0.3) is 20.8 Å². The number of hydrogen-bond acceptors (Lipinski definition) is 5. The number of hydrogen-bond donors (Lipinski definition) is 2. The summed E-state index contributed by atoms with van der Waals surface area (Å²) in [6.07, 6.45) is 0. The molecule has 0 aliphatic rings. The Morgan fingerprint density at radius 1 is 1.06 bits per heavy atom. The minimum absolute atomic E-state index is 0.196. The summed E-state index contributed by atoms with van der Waals surface area (Å²) in [5, 5.41) is 8.04. The summed E-state index contributed by atoms with van der Waals surface area (Å²) in [7, 11) is 0. The van der Waals surface area contributed by atoms with Crippen LogP contribution in [0.3, 0.4) is 0 Å². The molecule has 0 saturated carbocycles. The van der Waals surface area contributed by atoms with Crippen LogP contribution < -0.4 is 10.6 Å². The van der Waals surface area contributed by atoms with Gasteiger partial charge in [-0.1, -0.05) is 35.3 Å². The van der Waals surface area contributed by atoms with Gasteiger partial charge in [0.05, 0.1) is 21.0 Å². The van der Waals surface area contributed by atoms with Crippen molar-refractivity contribution in [3.05, 3.63) is 76.8 Å². The monoisotopic (exact) mass is 503 g/mol. The minimum Gasteiger partial charge on any atom is -0.332 e. The third-order valence-electron chi connectivity index (χ3n) is 4.19. The Bertz CT molecular complexity index is 1230. The first kappa shape index (κ1) is 22.0. The first-order valence-electron chi connectivity index (χ1n) is 9.12. The maximum atomic E-state index is 12.2. The zero-order valence-electron chi connectivity index (χ0n) is 15.9. The average Bonchev–Trinajstić information content (AvgIpc) is 3.18. The highest BCUT2D eigenvalue weighted by Gasteiger charge is 2.12. The molecule has 3 aromatic carbocycles. The van der Waals surface area contributed by atoms with E-state index in [0.717, 1.165) is 25.7 Å². The normalized spacial score (nSPS) is 10.8. The molecule has 0 fully saturated rings. The Morgan fingerprint density at radius 2 is 1.84 bits per heavy atom. The fraction of sp³-hybridized carbons (Fsp3) is 0.0455. The molecule has 31 heavy (non-hydrogen) atoms. The number of nitrogens with zero attached hydrogens (tertiary/aromatic N) is 1. The standard InChI is InChI=1S/C22H15Cl2N3OS3/c23-13-5-8-15(9-6-13)30-12-20(28)27-22(29)25-14-7-10-17(24)16(11-14)21-26-18-3-1-2-4-19(18)31-21/h1-11H,12H2,(H2,25,27,28,29). The van der Waals surface area contributed by atoms with E-state index in [9.17, 15) is 4.79 Å². The number of thioether (sulfide) groups is 1. The number of thiazole rings is 1. The molecule has 4 nitrogen and oxygen atoms in total. The van der Waals surface area contributed by atoms with Crippen LogP contribution in [0.1, 0.15) is 0 Å². The lowest BCUT2D eigenvalue weighted by Crippen LogP contribution is -2.35. The average molecular weight is 504 g/mol. The van der Waals surface area contributed by atoms with Gasteiger partial charge in [0.1, 0.15) is 5.01 Å². The molecule has 0 unspecified atom stereocenters. The largest absolute Gasteiger partial charge is 0.332 e. The highest BCUT2D eigenvalue weighted by molar-refractivity contribution is 8.00. The predicted octanol–water partition coefficient (Wildman–Crippen LogP) is 6.88. The number of carbonyl (C=O) groups excluding carboxylic acids is 1. The molecule has 1 amide bonds. The topological polar surface area (TPSA) is 54.0 Å². The zero-order chi connectivity index (χ0) is 21.8. The molecule has 9 heteroatoms. The van der Waals surface area contributed by atoms with E-state index in [1.165, 1.54) is 11.8 Å². The molecule has 0 spiro atoms. The second-order valence-electron chi connectivity index (χ2n) is 6.43. The van der Waals surface area contributed by atoms with E-state index in [0.29, 0.717) is 15.7 Å². The molecule has 156 valence electrons. The smallest absolute Gasteiger partial charge is 0.236 e. The lowest BCUT2D eigenvalue weighted by molar-refractivity contribution is -0.117. The summed E-state index contributed by atoms with van der Waals surface area (Å²) in [5.41, 5.74) is 2.45. The van der Waals surface area contributed by atoms with Crippen molar-refractivity contribution in [2.24, 2.45) is 0 Å². The second kappa shape index (κ2) is 9.97. The third kappa shape index (κ3) is 5.75. The molecule has 1 heterocycles. The minimum atomic E-state index is -0.196. The van der Waals surface area contributed by atoms with E-state index in [-0.39, 0.29) is 16.8 Å². The van der Waals surface area contributed by atoms with Gasteiger partial charge in [-0.05, 0) is 66.8 Å². The fourth-order valence-corrected chi connectivity index (χ4v) is 5.07. The van der Waals surface area contributed by atoms with Crippen molar-refractivity contribution in [2.45, 2.75) is 4.90 Å². The van der Waals surface area contributed by atoms with Crippen LogP contribution in [0.4, 0.5) is 5.69 Å². The maximum absolute atomic E-state index is 12.2. The number of benzene rings is 3. The number of fused-ring (bicyclic) bond motifs is 1. The Kier molecular flexibility index (Phi) is 7.09. The Morgan fingerprint density at radius 3 is 2.61 bits per heavy atom. The molecule has 0 saturated heterocycles. The van der Waals surface area contributed by atoms with E-state index in [1.807, 2.05) is 42.5 Å². The predicted molar refractivity (Wildman–Crippen MR) is 137 cm³/mol. The van der Waals surface area contributed by atoms with Crippen LogP contribution in [0.2, 0.25) is 10.0 Å². The summed E-state index contributed by atoms with van der Waals surface area (Å²) in [6.45, 7) is 0. The number of rotatable bonds is 5. The third-order valence-corrected chi connectivity index (χ3v) is 7.05. The van der Waals surface area contributed by atoms with Crippen molar-refractivity contribution >= 4 is 85.4 Å². The van der Waals surface area contributed by atoms with Crippen LogP contribution in [-0.4, -0.2) is 21.8 Å². The first-order chi connectivity index (χ1) is 15.0. The quantitative estimate of drug-likeness (QED) is 0.229. The lowest BCUT2D eigenvalue weighted by Gasteiger charge is -2.11. The van der Waals surface area contributed by atoms with Gasteiger partial charge in [0, 0.05) is 21.2 Å². The van der Waals surface area contributed by atoms with Crippen LogP contribution in [-0.2, 0) is 4.79 Å². The Labute approximate surface area is 203 Å². The van der Waals surface area contributed by atoms with Crippen molar-refractivity contribution in [3.63, 3.8) is 0 Å². The molecule has 0 aliphatic carbocycles. The van der Waals surface area contributed by atoms with Crippen LogP contribution in [0.15, 0.2) is 71.6 Å². The van der Waals surface area contributed by atoms with Crippen LogP contribution in [0.5, 0.6) is 0 Å². The van der Waals surface area contributed by atoms with Crippen molar-refractivity contribution in [1.82, 2.24) is 10.3 Å². The van der Waals surface area contributed by atoms with Gasteiger partial charge in [-0.25, -0.2) is 4.98 Å². The van der Waals surface area contributed by atoms with Crippen molar-refractivity contribution < 1.29 is 4.79 Å². The van der Waals surface area contributed by atoms with E-state index < -0.39 is 0 Å². The van der Waals surface area contributed by atoms with Gasteiger partial charge in [0.15, 0.2) is 5.11 Å². The van der Waals surface area contributed by atoms with Gasteiger partial charge in [-0.3, -0.25) is 4.79 Å². The zero-order valence-corrected chi connectivity index (χ0v) is 19.9. The first-order valence-corrected chi connectivity index (χ1v) is 12.1. The number of carbonyl (C=O) groups is 1. The van der Waals surface area contributed by atoms with Gasteiger partial charge in [0.2, 0.25) is 5.91 Å². The molecule has 0 aliphatic heterocycles. The second-order valence-corrected chi connectivity index (χ2v) is 9.76. The molecule has 2 N–H and O–H groups in total. The molecule has 0 atom stereocenters. The number of halogens is 2. The summed E-state index contributed by atoms with van der Waals surface area (Å²) in [4.78, 5) is 17.8. The molecule has 0 radical (unpaired) electrons. The van der Waals surface area contributed by atoms with Gasteiger partial charge >= 0.3 is 0 Å². The molecule has 1 aromatic heterocycles. The van der Waals surface area contributed by atoms with Crippen molar-refractivity contribution in [3.8, 4) is 10.6 Å². The van der Waals surface area contributed by atoms with Gasteiger partial charge < -0.3 is 10.6 Å². The van der Waals surface area contributed by atoms with E-state index >= 15 is 0 Å². The summed E-state index contributed by atoms with van der Waals surface area (Å²) >= 11 is 20.6. The molecular weight excluding hydrogens is 489 g/mol. The van der Waals surface area contributed by atoms with Crippen molar-refractivity contribution in [2.75, 3.05) is 11.1 Å². The SMILES string of the molecule is O=C(CSc1ccc(Cl)cc1)NC(=S)Nc1ccc(Cl)c(-c2nc3ccccc3s2)c1. The molecule has 0 bridgehead atoms. The van der Waals surface area contributed by atoms with Crippen molar-refractivity contribution in [1.29, 1.82) is 0 Å². The van der Waals surface area contributed by atoms with E-state index in [4.69, 9.17) is 35.4 Å². The maximum Gasteiger partial charge on any atom is 0.236 e. The Hall–Kier alpha value is -2.16. The number of para-hydroxylation sites is 1. The fourth-order valence-electron chi connectivity index (χ4n) is 2.76. The Balaban J connectivity index is 1.39. The lowest BCUT2D eigenvalue weighted by atomic mass is 10.2. The highest BCUT2D eigenvalue weighted by Crippen LogP contribution is 2.35. The molecular formula is C22H15Cl2N3OS3. The van der Waals surface area contributed by atoms with Gasteiger partial charge in [0.25, 0.3) is 0 Å². The summed E-state index contributed by atoms with van der Waals surface area (Å²) < 4.78 is 1.09. The van der Waals surface area contributed by atoms with Gasteiger partial charge in [-0.2, -0.15) is 0 Å².